The van der Waals surface area contributed by atoms with Gasteiger partial charge in [-0.2, -0.15) is 0 Å². The Hall–Kier alpha value is -0.760. The predicted octanol–water partition coefficient (Wildman–Crippen LogP) is 3.50. The molecule has 0 saturated heterocycles. The van der Waals surface area contributed by atoms with E-state index in [4.69, 9.17) is 4.42 Å². The molecule has 0 aliphatic carbocycles. The van der Waals surface area contributed by atoms with E-state index in [2.05, 4.69) is 22.0 Å². The Labute approximate surface area is 73.1 Å². The van der Waals surface area contributed by atoms with Crippen LogP contribution in [0.1, 0.15) is 5.56 Å². The summed E-state index contributed by atoms with van der Waals surface area (Å²) >= 11 is 3.42. The third-order valence-electron chi connectivity index (χ3n) is 1.75. The molecule has 0 bridgehead atoms. The predicted molar refractivity (Wildman–Crippen MR) is 48.7 cm³/mol. The number of fused-ring (bicyclic) bond motifs is 1. The summed E-state index contributed by atoms with van der Waals surface area (Å²) in [6.07, 6.45) is 1.77. The van der Waals surface area contributed by atoms with Crippen LogP contribution in [0.15, 0.2) is 33.4 Å². The molecule has 2 rings (SSSR count). The minimum Gasteiger partial charge on any atom is -0.463 e. The van der Waals surface area contributed by atoms with Gasteiger partial charge >= 0.3 is 0 Å². The maximum absolute atomic E-state index is 5.33. The molecule has 0 aliphatic heterocycles. The van der Waals surface area contributed by atoms with Crippen molar-refractivity contribution in [2.24, 2.45) is 0 Å². The van der Waals surface area contributed by atoms with Gasteiger partial charge in [0, 0.05) is 5.39 Å². The van der Waals surface area contributed by atoms with Crippen molar-refractivity contribution < 1.29 is 4.42 Å². The van der Waals surface area contributed by atoms with Gasteiger partial charge in [0.25, 0.3) is 0 Å². The highest BCUT2D eigenvalue weighted by atomic mass is 79.9. The first-order chi connectivity index (χ1) is 5.29. The topological polar surface area (TPSA) is 13.1 Å². The van der Waals surface area contributed by atoms with Crippen LogP contribution in [0, 0.1) is 6.92 Å². The number of hydrogen-bond acceptors (Lipinski definition) is 1. The zero-order valence-corrected chi connectivity index (χ0v) is 7.68. The molecule has 2 heteroatoms. The Morgan fingerprint density at radius 2 is 2.18 bits per heavy atom. The lowest BCUT2D eigenvalue weighted by Crippen LogP contribution is -1.67. The SMILES string of the molecule is Cc1coc2c(Br)cccc12. The summed E-state index contributed by atoms with van der Waals surface area (Å²) in [7, 11) is 0. The largest absolute Gasteiger partial charge is 0.463 e. The minimum absolute atomic E-state index is 0.935. The first-order valence-corrected chi connectivity index (χ1v) is 4.20. The number of para-hydroxylation sites is 1. The zero-order chi connectivity index (χ0) is 7.84. The van der Waals surface area contributed by atoms with E-state index in [0.717, 1.165) is 10.1 Å². The first kappa shape index (κ1) is 6.92. The van der Waals surface area contributed by atoms with E-state index in [1.54, 1.807) is 6.26 Å². The van der Waals surface area contributed by atoms with Crippen LogP contribution in [0.3, 0.4) is 0 Å². The summed E-state index contributed by atoms with van der Waals surface area (Å²) in [6, 6.07) is 6.04. The van der Waals surface area contributed by atoms with Gasteiger partial charge in [-0.05, 0) is 34.5 Å². The van der Waals surface area contributed by atoms with Crippen LogP contribution in [0.5, 0.6) is 0 Å². The normalized spacial score (nSPS) is 10.7. The van der Waals surface area contributed by atoms with Crippen LogP contribution in [0.25, 0.3) is 11.0 Å². The van der Waals surface area contributed by atoms with Crippen LogP contribution >= 0.6 is 15.9 Å². The quantitative estimate of drug-likeness (QED) is 0.649. The van der Waals surface area contributed by atoms with E-state index in [9.17, 15) is 0 Å². The Kier molecular flexibility index (Phi) is 1.50. The van der Waals surface area contributed by atoms with Crippen molar-refractivity contribution in [3.8, 4) is 0 Å². The van der Waals surface area contributed by atoms with Gasteiger partial charge in [0.05, 0.1) is 10.7 Å². The lowest BCUT2D eigenvalue weighted by atomic mass is 10.2. The van der Waals surface area contributed by atoms with Crippen molar-refractivity contribution in [1.29, 1.82) is 0 Å². The highest BCUT2D eigenvalue weighted by Gasteiger charge is 2.03. The average Bonchev–Trinajstić information content (AvgIpc) is 2.35. The lowest BCUT2D eigenvalue weighted by molar-refractivity contribution is 0.611. The van der Waals surface area contributed by atoms with Crippen molar-refractivity contribution in [1.82, 2.24) is 0 Å². The Morgan fingerprint density at radius 1 is 1.36 bits per heavy atom. The maximum Gasteiger partial charge on any atom is 0.148 e. The number of hydrogen-bond donors (Lipinski definition) is 0. The molecule has 2 aromatic rings. The van der Waals surface area contributed by atoms with Crippen LogP contribution in [-0.4, -0.2) is 0 Å². The number of rotatable bonds is 0. The van der Waals surface area contributed by atoms with Crippen molar-refractivity contribution in [2.45, 2.75) is 6.92 Å². The first-order valence-electron chi connectivity index (χ1n) is 3.41. The van der Waals surface area contributed by atoms with Gasteiger partial charge in [-0.15, -0.1) is 0 Å². The molecule has 0 radical (unpaired) electrons. The van der Waals surface area contributed by atoms with Crippen molar-refractivity contribution in [2.75, 3.05) is 0 Å². The third-order valence-corrected chi connectivity index (χ3v) is 2.37. The molecule has 11 heavy (non-hydrogen) atoms. The second-order valence-electron chi connectivity index (χ2n) is 2.54. The molecule has 0 aliphatic rings. The van der Waals surface area contributed by atoms with E-state index in [-0.39, 0.29) is 0 Å². The Morgan fingerprint density at radius 3 is 2.91 bits per heavy atom. The molecule has 0 saturated carbocycles. The summed E-state index contributed by atoms with van der Waals surface area (Å²) < 4.78 is 6.35. The molecular formula is C9H7BrO. The van der Waals surface area contributed by atoms with Gasteiger partial charge in [0.1, 0.15) is 5.58 Å². The van der Waals surface area contributed by atoms with Crippen molar-refractivity contribution in [3.63, 3.8) is 0 Å². The molecular weight excluding hydrogens is 204 g/mol. The highest BCUT2D eigenvalue weighted by Crippen LogP contribution is 2.27. The van der Waals surface area contributed by atoms with Crippen LogP contribution in [-0.2, 0) is 0 Å². The van der Waals surface area contributed by atoms with E-state index >= 15 is 0 Å². The second-order valence-corrected chi connectivity index (χ2v) is 3.39. The fraction of sp³-hybridized carbons (Fsp3) is 0.111. The van der Waals surface area contributed by atoms with Crippen molar-refractivity contribution >= 4 is 26.9 Å². The molecule has 1 heterocycles. The fourth-order valence-corrected chi connectivity index (χ4v) is 1.61. The van der Waals surface area contributed by atoms with E-state index < -0.39 is 0 Å². The van der Waals surface area contributed by atoms with Crippen molar-refractivity contribution in [3.05, 3.63) is 34.5 Å². The standard InChI is InChI=1S/C9H7BrO/c1-6-5-11-9-7(6)3-2-4-8(9)10/h2-5H,1H3. The summed E-state index contributed by atoms with van der Waals surface area (Å²) in [5, 5.41) is 1.18. The number of furan rings is 1. The number of aryl methyl sites for hydroxylation is 1. The molecule has 1 aromatic heterocycles. The molecule has 0 spiro atoms. The number of halogens is 1. The monoisotopic (exact) mass is 210 g/mol. The van der Waals surface area contributed by atoms with Crippen LogP contribution in [0.2, 0.25) is 0 Å². The second kappa shape index (κ2) is 2.38. The van der Waals surface area contributed by atoms with Gasteiger partial charge in [-0.25, -0.2) is 0 Å². The molecule has 0 amide bonds. The van der Waals surface area contributed by atoms with E-state index in [1.165, 1.54) is 10.9 Å². The van der Waals surface area contributed by atoms with Crippen LogP contribution < -0.4 is 0 Å². The lowest BCUT2D eigenvalue weighted by Gasteiger charge is -1.90. The molecule has 0 unspecified atom stereocenters. The molecule has 0 N–H and O–H groups in total. The molecule has 56 valence electrons. The fourth-order valence-electron chi connectivity index (χ4n) is 1.15. The highest BCUT2D eigenvalue weighted by molar-refractivity contribution is 9.10. The summed E-state index contributed by atoms with van der Waals surface area (Å²) in [5.41, 5.74) is 2.12. The van der Waals surface area contributed by atoms with Gasteiger partial charge < -0.3 is 4.42 Å². The minimum atomic E-state index is 0.935. The van der Waals surface area contributed by atoms with E-state index in [0.29, 0.717) is 0 Å². The Balaban J connectivity index is 2.94. The molecule has 0 atom stereocenters. The van der Waals surface area contributed by atoms with E-state index in [1.807, 2.05) is 19.1 Å². The average molecular weight is 211 g/mol. The molecule has 0 fully saturated rings. The zero-order valence-electron chi connectivity index (χ0n) is 6.10. The van der Waals surface area contributed by atoms with Gasteiger partial charge in [-0.3, -0.25) is 0 Å². The maximum atomic E-state index is 5.33. The third kappa shape index (κ3) is 0.979. The summed E-state index contributed by atoms with van der Waals surface area (Å²) in [6.45, 7) is 2.04. The summed E-state index contributed by atoms with van der Waals surface area (Å²) in [5.74, 6) is 0. The molecule has 1 nitrogen and oxygen atoms in total. The smallest absolute Gasteiger partial charge is 0.148 e. The summed E-state index contributed by atoms with van der Waals surface area (Å²) in [4.78, 5) is 0. The Bertz CT molecular complexity index is 389. The molecule has 1 aromatic carbocycles. The van der Waals surface area contributed by atoms with Gasteiger partial charge in [0.15, 0.2) is 0 Å². The number of benzene rings is 1. The van der Waals surface area contributed by atoms with Gasteiger partial charge in [0.2, 0.25) is 0 Å². The van der Waals surface area contributed by atoms with Crippen LogP contribution in [0.4, 0.5) is 0 Å². The van der Waals surface area contributed by atoms with Gasteiger partial charge in [-0.1, -0.05) is 12.1 Å².